The summed E-state index contributed by atoms with van der Waals surface area (Å²) in [5, 5.41) is 2.40. The van der Waals surface area contributed by atoms with Crippen LogP contribution in [-0.2, 0) is 37.4 Å². The van der Waals surface area contributed by atoms with E-state index in [1.807, 2.05) is 0 Å². The van der Waals surface area contributed by atoms with E-state index in [2.05, 4.69) is 9.50 Å². The number of benzene rings is 2. The first kappa shape index (κ1) is 26.0. The number of alkyl halides is 3. The highest BCUT2D eigenvalue weighted by Gasteiger charge is 2.48. The fourth-order valence-corrected chi connectivity index (χ4v) is 2.96. The Kier molecular flexibility index (Phi) is 8.69. The molecule has 2 rings (SSSR count). The first-order chi connectivity index (χ1) is 15.4. The van der Waals surface area contributed by atoms with E-state index in [0.29, 0.717) is 5.56 Å². The van der Waals surface area contributed by atoms with Crippen molar-refractivity contribution in [1.29, 1.82) is 0 Å². The van der Waals surface area contributed by atoms with Crippen LogP contribution >= 0.6 is 0 Å². The van der Waals surface area contributed by atoms with Crippen molar-refractivity contribution >= 4 is 22.2 Å². The molecule has 0 aliphatic carbocycles. The molecule has 0 radical (unpaired) electrons. The van der Waals surface area contributed by atoms with Crippen molar-refractivity contribution < 1.29 is 44.8 Å². The lowest BCUT2D eigenvalue weighted by Gasteiger charge is -2.19. The van der Waals surface area contributed by atoms with Gasteiger partial charge < -0.3 is 19.0 Å². The van der Waals surface area contributed by atoms with Gasteiger partial charge in [0.25, 0.3) is 0 Å². The van der Waals surface area contributed by atoms with E-state index in [-0.39, 0.29) is 13.0 Å². The number of amides is 1. The molecule has 0 fully saturated rings. The average Bonchev–Trinajstić information content (AvgIpc) is 2.72. The molecule has 2 aromatic carbocycles. The van der Waals surface area contributed by atoms with Gasteiger partial charge in [-0.2, -0.15) is 21.6 Å². The lowest BCUT2D eigenvalue weighted by molar-refractivity contribution is -0.149. The van der Waals surface area contributed by atoms with E-state index in [0.717, 1.165) is 17.7 Å². The van der Waals surface area contributed by atoms with Crippen molar-refractivity contribution in [2.24, 2.45) is 0 Å². The summed E-state index contributed by atoms with van der Waals surface area (Å²) >= 11 is 0. The SMILES string of the molecule is CC(C)OC(=O)[C@H](Cc1ccc(OS(=O)(=O)C(F)(F)F)cc1)NC(=O)OCc1ccccc1. The standard InChI is InChI=1S/C21H22F3NO7S/c1-14(2)31-19(26)18(25-20(27)30-13-16-6-4-3-5-7-16)12-15-8-10-17(11-9-15)32-33(28,29)21(22,23)24/h3-11,14,18H,12-13H2,1-2H3,(H,25,27)/t18-/m0/s1. The van der Waals surface area contributed by atoms with Gasteiger partial charge in [0.15, 0.2) is 0 Å². The first-order valence-electron chi connectivity index (χ1n) is 9.65. The maximum atomic E-state index is 12.4. The zero-order chi connectivity index (χ0) is 24.6. The molecule has 180 valence electrons. The van der Waals surface area contributed by atoms with Crippen LogP contribution < -0.4 is 9.50 Å². The highest BCUT2D eigenvalue weighted by molar-refractivity contribution is 7.88. The average molecular weight is 489 g/mol. The molecular weight excluding hydrogens is 467 g/mol. The number of nitrogens with one attached hydrogen (secondary N) is 1. The van der Waals surface area contributed by atoms with Crippen LogP contribution in [0.3, 0.4) is 0 Å². The smallest absolute Gasteiger partial charge is 0.461 e. The maximum Gasteiger partial charge on any atom is 0.534 e. The van der Waals surface area contributed by atoms with Gasteiger partial charge >= 0.3 is 27.7 Å². The summed E-state index contributed by atoms with van der Waals surface area (Å²) in [4.78, 5) is 24.6. The van der Waals surface area contributed by atoms with Gasteiger partial charge in [-0.1, -0.05) is 42.5 Å². The van der Waals surface area contributed by atoms with Gasteiger partial charge in [0.2, 0.25) is 0 Å². The summed E-state index contributed by atoms with van der Waals surface area (Å²) in [5.74, 6) is -1.31. The van der Waals surface area contributed by atoms with Gasteiger partial charge in [0.1, 0.15) is 18.4 Å². The van der Waals surface area contributed by atoms with Crippen LogP contribution in [0.2, 0.25) is 0 Å². The maximum absolute atomic E-state index is 12.4. The van der Waals surface area contributed by atoms with Crippen LogP contribution in [0.4, 0.5) is 18.0 Å². The zero-order valence-corrected chi connectivity index (χ0v) is 18.5. The van der Waals surface area contributed by atoms with Gasteiger partial charge in [-0.25, -0.2) is 9.59 Å². The van der Waals surface area contributed by atoms with E-state index < -0.39 is 45.6 Å². The fraction of sp³-hybridized carbons (Fsp3) is 0.333. The Labute approximate surface area is 188 Å². The van der Waals surface area contributed by atoms with Gasteiger partial charge in [0, 0.05) is 6.42 Å². The van der Waals surface area contributed by atoms with Crippen LogP contribution in [0.25, 0.3) is 0 Å². The Hall–Kier alpha value is -3.28. The Balaban J connectivity index is 2.06. The lowest BCUT2D eigenvalue weighted by atomic mass is 10.1. The third kappa shape index (κ3) is 8.29. The van der Waals surface area contributed by atoms with Gasteiger partial charge in [-0.05, 0) is 37.1 Å². The molecule has 0 spiro atoms. The quantitative estimate of drug-likeness (QED) is 0.325. The van der Waals surface area contributed by atoms with Crippen LogP contribution in [0.1, 0.15) is 25.0 Å². The van der Waals surface area contributed by atoms with Gasteiger partial charge in [0.05, 0.1) is 6.10 Å². The normalized spacial score (nSPS) is 12.7. The van der Waals surface area contributed by atoms with Crippen LogP contribution in [0.5, 0.6) is 5.75 Å². The second kappa shape index (κ2) is 11.0. The number of alkyl carbamates (subject to hydrolysis) is 1. The van der Waals surface area contributed by atoms with E-state index in [9.17, 15) is 31.2 Å². The molecule has 1 N–H and O–H groups in total. The van der Waals surface area contributed by atoms with Crippen LogP contribution in [0.15, 0.2) is 54.6 Å². The molecule has 12 heteroatoms. The molecule has 0 aliphatic heterocycles. The molecule has 2 aromatic rings. The largest absolute Gasteiger partial charge is 0.534 e. The number of esters is 1. The molecule has 0 bridgehead atoms. The molecule has 0 saturated carbocycles. The summed E-state index contributed by atoms with van der Waals surface area (Å²) < 4.78 is 73.8. The lowest BCUT2D eigenvalue weighted by Crippen LogP contribution is -2.44. The monoisotopic (exact) mass is 489 g/mol. The number of carbonyl (C=O) groups excluding carboxylic acids is 2. The van der Waals surface area contributed by atoms with Gasteiger partial charge in [-0.3, -0.25) is 0 Å². The summed E-state index contributed by atoms with van der Waals surface area (Å²) in [6, 6.07) is 12.2. The minimum atomic E-state index is -5.81. The van der Waals surface area contributed by atoms with Crippen LogP contribution in [-0.4, -0.2) is 38.1 Å². The van der Waals surface area contributed by atoms with Crippen molar-refractivity contribution in [3.8, 4) is 5.75 Å². The van der Waals surface area contributed by atoms with Crippen molar-refractivity contribution in [3.63, 3.8) is 0 Å². The number of hydrogen-bond donors (Lipinski definition) is 1. The van der Waals surface area contributed by atoms with Crippen molar-refractivity contribution in [3.05, 3.63) is 65.7 Å². The number of rotatable bonds is 9. The Bertz CT molecular complexity index is 1040. The molecule has 0 heterocycles. The topological polar surface area (TPSA) is 108 Å². The predicted molar refractivity (Wildman–Crippen MR) is 111 cm³/mol. The molecule has 8 nitrogen and oxygen atoms in total. The highest BCUT2D eigenvalue weighted by atomic mass is 32.2. The number of hydrogen-bond acceptors (Lipinski definition) is 7. The summed E-state index contributed by atoms with van der Waals surface area (Å²) in [5.41, 5.74) is -4.44. The summed E-state index contributed by atoms with van der Waals surface area (Å²) in [6.45, 7) is 3.21. The van der Waals surface area contributed by atoms with E-state index in [1.165, 1.54) is 12.1 Å². The minimum absolute atomic E-state index is 0.0294. The molecular formula is C21H22F3NO7S. The van der Waals surface area contributed by atoms with E-state index in [1.54, 1.807) is 44.2 Å². The van der Waals surface area contributed by atoms with Gasteiger partial charge in [-0.15, -0.1) is 0 Å². The minimum Gasteiger partial charge on any atom is -0.461 e. The molecule has 1 atom stereocenters. The number of ether oxygens (including phenoxy) is 2. The fourth-order valence-electron chi connectivity index (χ4n) is 2.51. The molecule has 0 aliphatic rings. The first-order valence-corrected chi connectivity index (χ1v) is 11.1. The number of halogens is 3. The zero-order valence-electron chi connectivity index (χ0n) is 17.7. The Morgan fingerprint density at radius 3 is 2.12 bits per heavy atom. The van der Waals surface area contributed by atoms with Crippen molar-refractivity contribution in [2.75, 3.05) is 0 Å². The molecule has 0 saturated heterocycles. The Morgan fingerprint density at radius 2 is 1.58 bits per heavy atom. The number of carbonyl (C=O) groups is 2. The third-order valence-electron chi connectivity index (χ3n) is 3.99. The molecule has 1 amide bonds. The van der Waals surface area contributed by atoms with Crippen molar-refractivity contribution in [1.82, 2.24) is 5.32 Å². The molecule has 33 heavy (non-hydrogen) atoms. The molecule has 0 unspecified atom stereocenters. The summed E-state index contributed by atoms with van der Waals surface area (Å²) in [6.07, 6.45) is -1.44. The highest BCUT2D eigenvalue weighted by Crippen LogP contribution is 2.27. The second-order valence-electron chi connectivity index (χ2n) is 7.08. The second-order valence-corrected chi connectivity index (χ2v) is 8.61. The van der Waals surface area contributed by atoms with Crippen LogP contribution in [0, 0.1) is 0 Å². The summed E-state index contributed by atoms with van der Waals surface area (Å²) in [7, 11) is -5.81. The predicted octanol–water partition coefficient (Wildman–Crippen LogP) is 3.70. The van der Waals surface area contributed by atoms with Crippen molar-refractivity contribution in [2.45, 2.75) is 44.5 Å². The van der Waals surface area contributed by atoms with E-state index >= 15 is 0 Å². The Morgan fingerprint density at radius 1 is 0.970 bits per heavy atom. The van der Waals surface area contributed by atoms with E-state index in [4.69, 9.17) is 9.47 Å². The molecule has 0 aromatic heterocycles. The third-order valence-corrected chi connectivity index (χ3v) is 4.97.